The highest BCUT2D eigenvalue weighted by atomic mass is 16.2. The molecule has 0 radical (unpaired) electrons. The standard InChI is InChI=1S/C16H22N2O/c1-10-7-8-14(11(2)9-10)15-17-12(3)16(19)18(15)13-5-4-6-13/h7-9,12-13,15,17H,4-6H2,1-3H3. The van der Waals surface area contributed by atoms with E-state index in [2.05, 4.69) is 42.3 Å². The molecule has 1 amide bonds. The van der Waals surface area contributed by atoms with Gasteiger partial charge < -0.3 is 4.90 Å². The van der Waals surface area contributed by atoms with Gasteiger partial charge >= 0.3 is 0 Å². The van der Waals surface area contributed by atoms with Gasteiger partial charge in [-0.1, -0.05) is 23.8 Å². The molecular weight excluding hydrogens is 236 g/mol. The smallest absolute Gasteiger partial charge is 0.241 e. The molecule has 1 aliphatic heterocycles. The van der Waals surface area contributed by atoms with E-state index in [4.69, 9.17) is 0 Å². The number of carbonyl (C=O) groups is 1. The van der Waals surface area contributed by atoms with E-state index in [1.807, 2.05) is 6.92 Å². The van der Waals surface area contributed by atoms with Gasteiger partial charge in [-0.05, 0) is 51.2 Å². The third kappa shape index (κ3) is 2.06. The van der Waals surface area contributed by atoms with E-state index in [-0.39, 0.29) is 18.1 Å². The first kappa shape index (κ1) is 12.7. The summed E-state index contributed by atoms with van der Waals surface area (Å²) in [6, 6.07) is 6.88. The van der Waals surface area contributed by atoms with Crippen LogP contribution >= 0.6 is 0 Å². The summed E-state index contributed by atoms with van der Waals surface area (Å²) in [5, 5.41) is 3.46. The zero-order valence-electron chi connectivity index (χ0n) is 11.9. The summed E-state index contributed by atoms with van der Waals surface area (Å²) in [6.07, 6.45) is 3.62. The van der Waals surface area contributed by atoms with Crippen LogP contribution in [0.2, 0.25) is 0 Å². The van der Waals surface area contributed by atoms with Crippen LogP contribution in [0.1, 0.15) is 49.0 Å². The second kappa shape index (κ2) is 4.64. The van der Waals surface area contributed by atoms with Gasteiger partial charge in [0.1, 0.15) is 6.17 Å². The number of amides is 1. The van der Waals surface area contributed by atoms with Crippen LogP contribution in [0.4, 0.5) is 0 Å². The van der Waals surface area contributed by atoms with Gasteiger partial charge in [-0.25, -0.2) is 0 Å². The Morgan fingerprint density at radius 2 is 2.00 bits per heavy atom. The van der Waals surface area contributed by atoms with E-state index in [1.54, 1.807) is 0 Å². The van der Waals surface area contributed by atoms with Crippen molar-refractivity contribution in [3.63, 3.8) is 0 Å². The number of rotatable bonds is 2. The van der Waals surface area contributed by atoms with Crippen LogP contribution in [0.5, 0.6) is 0 Å². The Morgan fingerprint density at radius 3 is 2.58 bits per heavy atom. The Labute approximate surface area is 115 Å². The number of nitrogens with zero attached hydrogens (tertiary/aromatic N) is 1. The molecule has 2 unspecified atom stereocenters. The van der Waals surface area contributed by atoms with E-state index in [0.29, 0.717) is 6.04 Å². The van der Waals surface area contributed by atoms with Crippen molar-refractivity contribution in [1.29, 1.82) is 0 Å². The summed E-state index contributed by atoms with van der Waals surface area (Å²) in [5.41, 5.74) is 3.78. The fourth-order valence-electron chi connectivity index (χ4n) is 3.17. The van der Waals surface area contributed by atoms with Crippen molar-refractivity contribution < 1.29 is 4.79 Å². The van der Waals surface area contributed by atoms with Crippen molar-refractivity contribution in [1.82, 2.24) is 10.2 Å². The molecular formula is C16H22N2O. The largest absolute Gasteiger partial charge is 0.319 e. The molecule has 0 bridgehead atoms. The molecule has 3 nitrogen and oxygen atoms in total. The van der Waals surface area contributed by atoms with Crippen LogP contribution in [-0.4, -0.2) is 22.9 Å². The third-order valence-electron chi connectivity index (χ3n) is 4.50. The summed E-state index contributed by atoms with van der Waals surface area (Å²) < 4.78 is 0. The molecule has 2 fully saturated rings. The highest BCUT2D eigenvalue weighted by Gasteiger charge is 2.43. The first-order valence-electron chi connectivity index (χ1n) is 7.23. The lowest BCUT2D eigenvalue weighted by Crippen LogP contribution is -2.44. The predicted octanol–water partition coefficient (Wildman–Crippen LogP) is 2.67. The zero-order valence-corrected chi connectivity index (χ0v) is 11.9. The van der Waals surface area contributed by atoms with Crippen molar-refractivity contribution in [2.45, 2.75) is 58.3 Å². The van der Waals surface area contributed by atoms with Gasteiger partial charge in [-0.15, -0.1) is 0 Å². The Balaban J connectivity index is 1.95. The minimum absolute atomic E-state index is 0.0633. The van der Waals surface area contributed by atoms with E-state index >= 15 is 0 Å². The first-order chi connectivity index (χ1) is 9.08. The van der Waals surface area contributed by atoms with E-state index < -0.39 is 0 Å². The van der Waals surface area contributed by atoms with Crippen LogP contribution in [0, 0.1) is 13.8 Å². The summed E-state index contributed by atoms with van der Waals surface area (Å²) in [5.74, 6) is 0.259. The number of carbonyl (C=O) groups excluding carboxylic acids is 1. The van der Waals surface area contributed by atoms with Gasteiger partial charge in [-0.3, -0.25) is 10.1 Å². The SMILES string of the molecule is Cc1ccc(C2NC(C)C(=O)N2C2CCC2)c(C)c1. The Morgan fingerprint density at radius 1 is 1.26 bits per heavy atom. The molecule has 0 spiro atoms. The molecule has 0 aromatic heterocycles. The maximum atomic E-state index is 12.4. The molecule has 1 aromatic rings. The fraction of sp³-hybridized carbons (Fsp3) is 0.562. The summed E-state index contributed by atoms with van der Waals surface area (Å²) >= 11 is 0. The summed E-state index contributed by atoms with van der Waals surface area (Å²) in [7, 11) is 0. The molecule has 2 aliphatic rings. The molecule has 1 saturated heterocycles. The van der Waals surface area contributed by atoms with Crippen molar-refractivity contribution in [3.05, 3.63) is 34.9 Å². The third-order valence-corrected chi connectivity index (χ3v) is 4.50. The number of nitrogens with one attached hydrogen (secondary N) is 1. The van der Waals surface area contributed by atoms with Crippen molar-refractivity contribution >= 4 is 5.91 Å². The molecule has 1 saturated carbocycles. The van der Waals surface area contributed by atoms with Gasteiger partial charge in [0.15, 0.2) is 0 Å². The highest BCUT2D eigenvalue weighted by Crippen LogP contribution is 2.36. The van der Waals surface area contributed by atoms with Crippen LogP contribution in [0.15, 0.2) is 18.2 Å². The van der Waals surface area contributed by atoms with Gasteiger partial charge in [0.05, 0.1) is 6.04 Å². The molecule has 19 heavy (non-hydrogen) atoms. The molecule has 1 heterocycles. The summed E-state index contributed by atoms with van der Waals surface area (Å²) in [4.78, 5) is 14.5. The van der Waals surface area contributed by atoms with Gasteiger partial charge in [0.2, 0.25) is 5.91 Å². The molecule has 102 valence electrons. The van der Waals surface area contributed by atoms with Crippen molar-refractivity contribution in [2.75, 3.05) is 0 Å². The average Bonchev–Trinajstić information content (AvgIpc) is 2.55. The van der Waals surface area contributed by atoms with Gasteiger partial charge in [0.25, 0.3) is 0 Å². The predicted molar refractivity (Wildman–Crippen MR) is 75.7 cm³/mol. The molecule has 1 aromatic carbocycles. The topological polar surface area (TPSA) is 32.3 Å². The summed E-state index contributed by atoms with van der Waals surface area (Å²) in [6.45, 7) is 6.21. The Kier molecular flexibility index (Phi) is 3.09. The second-order valence-corrected chi connectivity index (χ2v) is 5.98. The Bertz CT molecular complexity index is 507. The minimum atomic E-state index is -0.0636. The molecule has 2 atom stereocenters. The lowest BCUT2D eigenvalue weighted by atomic mass is 9.90. The number of hydrogen-bond acceptors (Lipinski definition) is 2. The van der Waals surface area contributed by atoms with E-state index in [9.17, 15) is 4.79 Å². The van der Waals surface area contributed by atoms with Crippen LogP contribution < -0.4 is 5.32 Å². The zero-order chi connectivity index (χ0) is 13.6. The monoisotopic (exact) mass is 258 g/mol. The van der Waals surface area contributed by atoms with Crippen molar-refractivity contribution in [2.24, 2.45) is 0 Å². The van der Waals surface area contributed by atoms with Crippen LogP contribution in [0.25, 0.3) is 0 Å². The van der Waals surface area contributed by atoms with E-state index in [0.717, 1.165) is 12.8 Å². The van der Waals surface area contributed by atoms with Crippen molar-refractivity contribution in [3.8, 4) is 0 Å². The van der Waals surface area contributed by atoms with Crippen LogP contribution in [-0.2, 0) is 4.79 Å². The van der Waals surface area contributed by atoms with Gasteiger partial charge in [0, 0.05) is 6.04 Å². The second-order valence-electron chi connectivity index (χ2n) is 5.98. The Hall–Kier alpha value is -1.35. The molecule has 3 heteroatoms. The normalized spacial score (nSPS) is 27.7. The number of benzene rings is 1. The maximum absolute atomic E-state index is 12.4. The number of aryl methyl sites for hydroxylation is 2. The first-order valence-corrected chi connectivity index (χ1v) is 7.23. The average molecular weight is 258 g/mol. The molecule has 3 rings (SSSR count). The molecule has 1 N–H and O–H groups in total. The lowest BCUT2D eigenvalue weighted by Gasteiger charge is -2.38. The van der Waals surface area contributed by atoms with Gasteiger partial charge in [-0.2, -0.15) is 0 Å². The number of hydrogen-bond donors (Lipinski definition) is 1. The maximum Gasteiger partial charge on any atom is 0.241 e. The quantitative estimate of drug-likeness (QED) is 0.884. The lowest BCUT2D eigenvalue weighted by molar-refractivity contribution is -0.133. The minimum Gasteiger partial charge on any atom is -0.319 e. The highest BCUT2D eigenvalue weighted by molar-refractivity contribution is 5.84. The fourth-order valence-corrected chi connectivity index (χ4v) is 3.17. The van der Waals surface area contributed by atoms with E-state index in [1.165, 1.54) is 23.1 Å². The van der Waals surface area contributed by atoms with Crippen LogP contribution in [0.3, 0.4) is 0 Å². The molecule has 1 aliphatic carbocycles.